The number of nitrogens with two attached hydrogens (primary N) is 1. The first-order valence-electron chi connectivity index (χ1n) is 7.09. The van der Waals surface area contributed by atoms with E-state index in [-0.39, 0.29) is 42.9 Å². The average Bonchev–Trinajstić information content (AvgIpc) is 2.41. The average molecular weight is 328 g/mol. The van der Waals surface area contributed by atoms with E-state index in [1.54, 1.807) is 0 Å². The maximum atomic E-state index is 12.1. The van der Waals surface area contributed by atoms with Crippen molar-refractivity contribution < 1.29 is 9.53 Å². The van der Waals surface area contributed by atoms with Crippen molar-refractivity contribution in [2.24, 2.45) is 5.73 Å². The second-order valence-corrected chi connectivity index (χ2v) is 5.37. The summed E-state index contributed by atoms with van der Waals surface area (Å²) in [5.74, 6) is 0.0496. The molecule has 1 aliphatic carbocycles. The molecule has 1 amide bonds. The molecular weight excluding hydrogens is 301 g/mol. The van der Waals surface area contributed by atoms with Gasteiger partial charge >= 0.3 is 0 Å². The van der Waals surface area contributed by atoms with Crippen molar-refractivity contribution in [1.29, 1.82) is 0 Å². The fourth-order valence-electron chi connectivity index (χ4n) is 2.71. The van der Waals surface area contributed by atoms with E-state index in [0.29, 0.717) is 19.2 Å². The molecule has 120 valence electrons. The number of hydrogen-bond donors (Lipinski definition) is 2. The van der Waals surface area contributed by atoms with Gasteiger partial charge in [-0.25, -0.2) is 0 Å². The lowest BCUT2D eigenvalue weighted by Gasteiger charge is -2.33. The molecule has 2 rings (SSSR count). The van der Waals surface area contributed by atoms with Gasteiger partial charge < -0.3 is 15.8 Å². The van der Waals surface area contributed by atoms with Crippen molar-refractivity contribution in [3.63, 3.8) is 0 Å². The first kappa shape index (κ1) is 19.9. The standard InChI is InChI=1S/C13H25N3O2.2ClH/c1-2-16-7-8-18-12(9-16)13(17)15-11-5-3-10(14)4-6-11;;/h10-12H,2-9,14H2,1H3,(H,15,17);2*1H. The summed E-state index contributed by atoms with van der Waals surface area (Å²) in [5, 5.41) is 3.11. The van der Waals surface area contributed by atoms with Gasteiger partial charge in [0.2, 0.25) is 0 Å². The fraction of sp³-hybridized carbons (Fsp3) is 0.923. The van der Waals surface area contributed by atoms with Gasteiger partial charge in [0.15, 0.2) is 0 Å². The van der Waals surface area contributed by atoms with E-state index < -0.39 is 0 Å². The van der Waals surface area contributed by atoms with E-state index in [9.17, 15) is 4.79 Å². The van der Waals surface area contributed by atoms with Crippen LogP contribution < -0.4 is 11.1 Å². The molecule has 20 heavy (non-hydrogen) atoms. The minimum atomic E-state index is -0.297. The van der Waals surface area contributed by atoms with Crippen molar-refractivity contribution in [1.82, 2.24) is 10.2 Å². The molecule has 0 bridgehead atoms. The molecule has 0 spiro atoms. The number of nitrogens with one attached hydrogen (secondary N) is 1. The highest BCUT2D eigenvalue weighted by Gasteiger charge is 2.28. The predicted octanol–water partition coefficient (Wildman–Crippen LogP) is 0.937. The maximum absolute atomic E-state index is 12.1. The lowest BCUT2D eigenvalue weighted by molar-refractivity contribution is -0.139. The fourth-order valence-corrected chi connectivity index (χ4v) is 2.71. The zero-order chi connectivity index (χ0) is 13.0. The van der Waals surface area contributed by atoms with Crippen LogP contribution in [0.2, 0.25) is 0 Å². The maximum Gasteiger partial charge on any atom is 0.250 e. The second kappa shape index (κ2) is 9.79. The van der Waals surface area contributed by atoms with Crippen molar-refractivity contribution in [2.45, 2.75) is 50.8 Å². The van der Waals surface area contributed by atoms with E-state index in [2.05, 4.69) is 17.1 Å². The van der Waals surface area contributed by atoms with Gasteiger partial charge in [0.1, 0.15) is 6.10 Å². The van der Waals surface area contributed by atoms with E-state index >= 15 is 0 Å². The molecule has 1 saturated heterocycles. The van der Waals surface area contributed by atoms with Crippen LogP contribution in [0.3, 0.4) is 0 Å². The molecule has 0 aromatic heterocycles. The van der Waals surface area contributed by atoms with Crippen LogP contribution >= 0.6 is 24.8 Å². The van der Waals surface area contributed by atoms with Gasteiger partial charge in [0.25, 0.3) is 5.91 Å². The molecular formula is C13H27Cl2N3O2. The van der Waals surface area contributed by atoms with Gasteiger partial charge in [-0.05, 0) is 32.2 Å². The number of carbonyl (C=O) groups is 1. The highest BCUT2D eigenvalue weighted by Crippen LogP contribution is 2.17. The number of ether oxygens (including phenoxy) is 1. The third-order valence-corrected chi connectivity index (χ3v) is 4.01. The van der Waals surface area contributed by atoms with E-state index in [1.165, 1.54) is 0 Å². The first-order chi connectivity index (χ1) is 8.69. The summed E-state index contributed by atoms with van der Waals surface area (Å²) < 4.78 is 5.56. The predicted molar refractivity (Wildman–Crippen MR) is 84.7 cm³/mol. The molecule has 7 heteroatoms. The number of nitrogens with zero attached hydrogens (tertiary/aromatic N) is 1. The Balaban J connectivity index is 0.00000180. The zero-order valence-corrected chi connectivity index (χ0v) is 13.7. The molecule has 5 nitrogen and oxygen atoms in total. The lowest BCUT2D eigenvalue weighted by Crippen LogP contribution is -2.52. The normalized spacial score (nSPS) is 30.8. The van der Waals surface area contributed by atoms with Gasteiger partial charge in [-0.3, -0.25) is 9.69 Å². The highest BCUT2D eigenvalue weighted by atomic mass is 35.5. The molecule has 3 N–H and O–H groups in total. The Morgan fingerprint density at radius 3 is 2.55 bits per heavy atom. The van der Waals surface area contributed by atoms with Gasteiger partial charge in [0, 0.05) is 25.2 Å². The van der Waals surface area contributed by atoms with Crippen LogP contribution in [0.4, 0.5) is 0 Å². The number of hydrogen-bond acceptors (Lipinski definition) is 4. The summed E-state index contributed by atoms with van der Waals surface area (Å²) >= 11 is 0. The molecule has 2 fully saturated rings. The first-order valence-corrected chi connectivity index (χ1v) is 7.09. The van der Waals surface area contributed by atoms with Crippen LogP contribution in [0.5, 0.6) is 0 Å². The second-order valence-electron chi connectivity index (χ2n) is 5.37. The number of amides is 1. The molecule has 1 atom stereocenters. The summed E-state index contributed by atoms with van der Waals surface area (Å²) in [4.78, 5) is 14.4. The van der Waals surface area contributed by atoms with Gasteiger partial charge in [0.05, 0.1) is 6.61 Å². The van der Waals surface area contributed by atoms with Crippen molar-refractivity contribution in [2.75, 3.05) is 26.2 Å². The number of halogens is 2. The summed E-state index contributed by atoms with van der Waals surface area (Å²) in [6.07, 6.45) is 3.72. The summed E-state index contributed by atoms with van der Waals surface area (Å²) in [6, 6.07) is 0.609. The van der Waals surface area contributed by atoms with Crippen molar-refractivity contribution in [3.8, 4) is 0 Å². The lowest BCUT2D eigenvalue weighted by atomic mass is 9.91. The Hall–Kier alpha value is -0.0700. The molecule has 1 aliphatic heterocycles. The minimum Gasteiger partial charge on any atom is -0.366 e. The van der Waals surface area contributed by atoms with E-state index in [0.717, 1.165) is 38.8 Å². The van der Waals surface area contributed by atoms with Gasteiger partial charge in [-0.1, -0.05) is 6.92 Å². The number of rotatable bonds is 3. The molecule has 0 radical (unpaired) electrons. The van der Waals surface area contributed by atoms with Crippen LogP contribution in [0.25, 0.3) is 0 Å². The molecule has 0 aromatic carbocycles. The molecule has 2 aliphatic rings. The van der Waals surface area contributed by atoms with Crippen LogP contribution in [-0.4, -0.2) is 55.2 Å². The summed E-state index contributed by atoms with van der Waals surface area (Å²) in [5.41, 5.74) is 5.86. The Morgan fingerprint density at radius 2 is 1.95 bits per heavy atom. The molecule has 1 heterocycles. The Morgan fingerprint density at radius 1 is 1.30 bits per heavy atom. The number of carbonyl (C=O) groups excluding carboxylic acids is 1. The van der Waals surface area contributed by atoms with Crippen LogP contribution in [0, 0.1) is 0 Å². The summed E-state index contributed by atoms with van der Waals surface area (Å²) in [7, 11) is 0. The topological polar surface area (TPSA) is 67.6 Å². The quantitative estimate of drug-likeness (QED) is 0.809. The van der Waals surface area contributed by atoms with Gasteiger partial charge in [-0.2, -0.15) is 0 Å². The van der Waals surface area contributed by atoms with Crippen LogP contribution in [0.15, 0.2) is 0 Å². The Labute approximate surface area is 133 Å². The Bertz CT molecular complexity index is 287. The van der Waals surface area contributed by atoms with Gasteiger partial charge in [-0.15, -0.1) is 24.8 Å². The summed E-state index contributed by atoms with van der Waals surface area (Å²) in [6.45, 7) is 5.39. The molecule has 1 unspecified atom stereocenters. The zero-order valence-electron chi connectivity index (χ0n) is 12.0. The third kappa shape index (κ3) is 5.74. The largest absolute Gasteiger partial charge is 0.366 e. The van der Waals surface area contributed by atoms with Crippen molar-refractivity contribution >= 4 is 30.7 Å². The number of likely N-dealkylation sites (N-methyl/N-ethyl adjacent to an activating group) is 1. The smallest absolute Gasteiger partial charge is 0.250 e. The van der Waals surface area contributed by atoms with Crippen LogP contribution in [0.1, 0.15) is 32.6 Å². The molecule has 0 aromatic rings. The van der Waals surface area contributed by atoms with Crippen molar-refractivity contribution in [3.05, 3.63) is 0 Å². The monoisotopic (exact) mass is 327 g/mol. The SMILES string of the molecule is CCN1CCOC(C(=O)NC2CCC(N)CC2)C1.Cl.Cl. The highest BCUT2D eigenvalue weighted by molar-refractivity contribution is 5.85. The number of morpholine rings is 1. The minimum absolute atomic E-state index is 0. The third-order valence-electron chi connectivity index (χ3n) is 4.01. The van der Waals surface area contributed by atoms with E-state index in [1.807, 2.05) is 0 Å². The van der Waals surface area contributed by atoms with Crippen LogP contribution in [-0.2, 0) is 9.53 Å². The molecule has 1 saturated carbocycles. The Kier molecular flexibility index (Phi) is 9.76. The van der Waals surface area contributed by atoms with E-state index in [4.69, 9.17) is 10.5 Å².